The molecule has 0 radical (unpaired) electrons. The molecule has 0 aliphatic carbocycles. The smallest absolute Gasteiger partial charge is 0.409 e. The SMILES string of the molecule is CCOC(=O)N1CCN(CCOc2ccc(-c3ccn[nH]3)cc2C)CC1. The molecule has 1 N–H and O–H groups in total. The van der Waals surface area contributed by atoms with Gasteiger partial charge in [-0.25, -0.2) is 4.79 Å². The lowest BCUT2D eigenvalue weighted by molar-refractivity contribution is 0.0757. The third kappa shape index (κ3) is 4.54. The van der Waals surface area contributed by atoms with Crippen molar-refractivity contribution in [3.8, 4) is 17.0 Å². The normalized spacial score (nSPS) is 15.1. The Labute approximate surface area is 153 Å². The minimum absolute atomic E-state index is 0.212. The molecule has 0 bridgehead atoms. The highest BCUT2D eigenvalue weighted by molar-refractivity contribution is 5.67. The average molecular weight is 358 g/mol. The van der Waals surface area contributed by atoms with Gasteiger partial charge in [0, 0.05) is 44.5 Å². The second-order valence-electron chi connectivity index (χ2n) is 6.33. The Bertz CT molecular complexity index is 710. The molecular formula is C19H26N4O3. The summed E-state index contributed by atoms with van der Waals surface area (Å²) in [6.45, 7) is 8.88. The second-order valence-corrected chi connectivity index (χ2v) is 6.33. The molecule has 1 fully saturated rings. The Hall–Kier alpha value is -2.54. The van der Waals surface area contributed by atoms with Gasteiger partial charge in [-0.05, 0) is 43.7 Å². The van der Waals surface area contributed by atoms with Crippen molar-refractivity contribution in [2.45, 2.75) is 13.8 Å². The first kappa shape index (κ1) is 18.3. The molecule has 2 aromatic rings. The third-order valence-electron chi connectivity index (χ3n) is 4.55. The van der Waals surface area contributed by atoms with Crippen LogP contribution in [0.4, 0.5) is 4.79 Å². The Balaban J connectivity index is 1.43. The number of piperazine rings is 1. The molecule has 0 atom stereocenters. The van der Waals surface area contributed by atoms with Crippen LogP contribution in [0.2, 0.25) is 0 Å². The number of nitrogens with one attached hydrogen (secondary N) is 1. The Kier molecular flexibility index (Phi) is 6.12. The summed E-state index contributed by atoms with van der Waals surface area (Å²) in [5.41, 5.74) is 3.20. The number of hydrogen-bond acceptors (Lipinski definition) is 5. The van der Waals surface area contributed by atoms with Gasteiger partial charge in [0.15, 0.2) is 0 Å². The Morgan fingerprint density at radius 2 is 2.04 bits per heavy atom. The summed E-state index contributed by atoms with van der Waals surface area (Å²) < 4.78 is 11.0. The van der Waals surface area contributed by atoms with Crippen LogP contribution in [-0.4, -0.2) is 72.0 Å². The van der Waals surface area contributed by atoms with Crippen molar-refractivity contribution in [2.75, 3.05) is 45.9 Å². The van der Waals surface area contributed by atoms with E-state index < -0.39 is 0 Å². The molecule has 1 amide bonds. The monoisotopic (exact) mass is 358 g/mol. The number of carbonyl (C=O) groups is 1. The van der Waals surface area contributed by atoms with E-state index >= 15 is 0 Å². The summed E-state index contributed by atoms with van der Waals surface area (Å²) in [4.78, 5) is 15.8. The third-order valence-corrected chi connectivity index (χ3v) is 4.55. The quantitative estimate of drug-likeness (QED) is 0.859. The summed E-state index contributed by atoms with van der Waals surface area (Å²) in [6, 6.07) is 8.09. The predicted molar refractivity (Wildman–Crippen MR) is 99.3 cm³/mol. The largest absolute Gasteiger partial charge is 0.492 e. The summed E-state index contributed by atoms with van der Waals surface area (Å²) in [6.07, 6.45) is 1.54. The van der Waals surface area contributed by atoms with Crippen molar-refractivity contribution >= 4 is 6.09 Å². The number of ether oxygens (including phenoxy) is 2. The predicted octanol–water partition coefficient (Wildman–Crippen LogP) is 2.54. The van der Waals surface area contributed by atoms with Crippen molar-refractivity contribution in [1.29, 1.82) is 0 Å². The number of nitrogens with zero attached hydrogens (tertiary/aromatic N) is 3. The maximum atomic E-state index is 11.7. The fraction of sp³-hybridized carbons (Fsp3) is 0.474. The van der Waals surface area contributed by atoms with Gasteiger partial charge in [-0.2, -0.15) is 5.10 Å². The molecule has 3 rings (SSSR count). The second kappa shape index (κ2) is 8.71. The van der Waals surface area contributed by atoms with E-state index in [2.05, 4.69) is 21.2 Å². The fourth-order valence-electron chi connectivity index (χ4n) is 3.05. The molecule has 1 aliphatic rings. The van der Waals surface area contributed by atoms with Crippen LogP contribution in [-0.2, 0) is 4.74 Å². The minimum atomic E-state index is -0.212. The molecule has 7 nitrogen and oxygen atoms in total. The molecule has 7 heteroatoms. The average Bonchev–Trinajstić information content (AvgIpc) is 3.18. The standard InChI is InChI=1S/C19H26N4O3/c1-3-25-19(24)23-10-8-22(9-11-23)12-13-26-18-5-4-16(14-15(18)2)17-6-7-20-21-17/h4-7,14H,3,8-13H2,1-2H3,(H,20,21). The van der Waals surface area contributed by atoms with Crippen molar-refractivity contribution < 1.29 is 14.3 Å². The lowest BCUT2D eigenvalue weighted by Crippen LogP contribution is -2.49. The molecule has 2 heterocycles. The zero-order chi connectivity index (χ0) is 18.4. The van der Waals surface area contributed by atoms with E-state index in [1.54, 1.807) is 11.1 Å². The molecular weight excluding hydrogens is 332 g/mol. The number of hydrogen-bond donors (Lipinski definition) is 1. The zero-order valence-corrected chi connectivity index (χ0v) is 15.4. The first-order valence-electron chi connectivity index (χ1n) is 9.04. The first-order chi connectivity index (χ1) is 12.7. The van der Waals surface area contributed by atoms with Gasteiger partial charge < -0.3 is 14.4 Å². The van der Waals surface area contributed by atoms with Crippen molar-refractivity contribution in [3.05, 3.63) is 36.0 Å². The van der Waals surface area contributed by atoms with Crippen LogP contribution in [0.15, 0.2) is 30.5 Å². The fourth-order valence-corrected chi connectivity index (χ4v) is 3.05. The van der Waals surface area contributed by atoms with E-state index in [1.807, 2.05) is 32.0 Å². The number of H-pyrrole nitrogens is 1. The number of amides is 1. The van der Waals surface area contributed by atoms with Crippen LogP contribution in [0.25, 0.3) is 11.3 Å². The van der Waals surface area contributed by atoms with Crippen LogP contribution in [0, 0.1) is 6.92 Å². The van der Waals surface area contributed by atoms with Gasteiger partial charge in [0.25, 0.3) is 0 Å². The highest BCUT2D eigenvalue weighted by atomic mass is 16.6. The molecule has 1 aromatic carbocycles. The molecule has 0 spiro atoms. The first-order valence-corrected chi connectivity index (χ1v) is 9.04. The zero-order valence-electron chi connectivity index (χ0n) is 15.4. The van der Waals surface area contributed by atoms with Gasteiger partial charge in [-0.3, -0.25) is 10.00 Å². The topological polar surface area (TPSA) is 70.7 Å². The number of aromatic amines is 1. The van der Waals surface area contributed by atoms with E-state index in [1.165, 1.54) is 0 Å². The number of aromatic nitrogens is 2. The summed E-state index contributed by atoms with van der Waals surface area (Å²) >= 11 is 0. The highest BCUT2D eigenvalue weighted by Gasteiger charge is 2.21. The highest BCUT2D eigenvalue weighted by Crippen LogP contribution is 2.24. The van der Waals surface area contributed by atoms with Crippen molar-refractivity contribution in [3.63, 3.8) is 0 Å². The summed E-state index contributed by atoms with van der Waals surface area (Å²) in [5, 5.41) is 6.96. The van der Waals surface area contributed by atoms with Gasteiger partial charge in [0.05, 0.1) is 12.3 Å². The number of benzene rings is 1. The Morgan fingerprint density at radius 3 is 2.69 bits per heavy atom. The van der Waals surface area contributed by atoms with Gasteiger partial charge in [0.1, 0.15) is 12.4 Å². The lowest BCUT2D eigenvalue weighted by Gasteiger charge is -2.33. The van der Waals surface area contributed by atoms with Gasteiger partial charge in [-0.15, -0.1) is 0 Å². The minimum Gasteiger partial charge on any atom is -0.492 e. The van der Waals surface area contributed by atoms with Crippen LogP contribution >= 0.6 is 0 Å². The van der Waals surface area contributed by atoms with E-state index in [9.17, 15) is 4.79 Å². The summed E-state index contributed by atoms with van der Waals surface area (Å²) in [7, 11) is 0. The van der Waals surface area contributed by atoms with Gasteiger partial charge in [-0.1, -0.05) is 0 Å². The van der Waals surface area contributed by atoms with E-state index in [0.29, 0.717) is 26.3 Å². The molecule has 1 aliphatic heterocycles. The van der Waals surface area contributed by atoms with Crippen LogP contribution in [0.1, 0.15) is 12.5 Å². The number of carbonyl (C=O) groups excluding carboxylic acids is 1. The van der Waals surface area contributed by atoms with Crippen LogP contribution in [0.3, 0.4) is 0 Å². The molecule has 0 saturated carbocycles. The van der Waals surface area contributed by atoms with Crippen LogP contribution < -0.4 is 4.74 Å². The Morgan fingerprint density at radius 1 is 1.23 bits per heavy atom. The van der Waals surface area contributed by atoms with Gasteiger partial charge in [0.2, 0.25) is 0 Å². The maximum absolute atomic E-state index is 11.7. The number of rotatable bonds is 6. The summed E-state index contributed by atoms with van der Waals surface area (Å²) in [5.74, 6) is 0.901. The van der Waals surface area contributed by atoms with E-state index in [4.69, 9.17) is 9.47 Å². The maximum Gasteiger partial charge on any atom is 0.409 e. The van der Waals surface area contributed by atoms with Crippen molar-refractivity contribution in [1.82, 2.24) is 20.0 Å². The number of aryl methyl sites for hydroxylation is 1. The van der Waals surface area contributed by atoms with E-state index in [-0.39, 0.29) is 6.09 Å². The lowest BCUT2D eigenvalue weighted by atomic mass is 10.1. The molecule has 140 valence electrons. The van der Waals surface area contributed by atoms with Gasteiger partial charge >= 0.3 is 6.09 Å². The van der Waals surface area contributed by atoms with Crippen molar-refractivity contribution in [2.24, 2.45) is 0 Å². The van der Waals surface area contributed by atoms with E-state index in [0.717, 1.165) is 42.2 Å². The molecule has 0 unspecified atom stereocenters. The molecule has 1 aromatic heterocycles. The van der Waals surface area contributed by atoms with Crippen LogP contribution in [0.5, 0.6) is 5.75 Å². The molecule has 1 saturated heterocycles. The molecule has 26 heavy (non-hydrogen) atoms.